The van der Waals surface area contributed by atoms with Crippen molar-refractivity contribution in [1.29, 1.82) is 0 Å². The number of hydrogen-bond acceptors (Lipinski definition) is 4. The number of nitrogens with one attached hydrogen (secondary N) is 1. The van der Waals surface area contributed by atoms with Crippen LogP contribution in [0.2, 0.25) is 0 Å². The molecule has 2 fully saturated rings. The Balaban J connectivity index is 1.63. The first kappa shape index (κ1) is 27.1. The van der Waals surface area contributed by atoms with E-state index < -0.39 is 0 Å². The van der Waals surface area contributed by atoms with Gasteiger partial charge in [0.15, 0.2) is 0 Å². The van der Waals surface area contributed by atoms with Crippen LogP contribution in [0.3, 0.4) is 0 Å². The fraction of sp³-hybridized carbons (Fsp3) is 0.533. The molecule has 4 rings (SSSR count). The van der Waals surface area contributed by atoms with Gasteiger partial charge in [0.2, 0.25) is 5.91 Å². The monoisotopic (exact) mass is 508 g/mol. The second-order valence-corrected chi connectivity index (χ2v) is 11.2. The first-order valence-electron chi connectivity index (χ1n) is 13.6. The molecule has 6 nitrogen and oxygen atoms in total. The predicted octanol–water partition coefficient (Wildman–Crippen LogP) is 5.39. The summed E-state index contributed by atoms with van der Waals surface area (Å²) in [6.45, 7) is 7.28. The van der Waals surface area contributed by atoms with Gasteiger partial charge in [-0.25, -0.2) is 4.39 Å². The van der Waals surface area contributed by atoms with Crippen molar-refractivity contribution in [3.63, 3.8) is 0 Å². The molecule has 2 aromatic carbocycles. The van der Waals surface area contributed by atoms with Gasteiger partial charge in [0, 0.05) is 49.0 Å². The third kappa shape index (κ3) is 6.89. The molecule has 0 aromatic heterocycles. The molecule has 1 aliphatic carbocycles. The van der Waals surface area contributed by atoms with E-state index in [2.05, 4.69) is 49.1 Å². The molecule has 2 aliphatic rings. The average Bonchev–Trinajstić information content (AvgIpc) is 2.82. The lowest BCUT2D eigenvalue weighted by atomic mass is 9.85. The minimum atomic E-state index is -0.357. The number of nitrogens with zero attached hydrogens (tertiary/aromatic N) is 3. The van der Waals surface area contributed by atoms with Gasteiger partial charge >= 0.3 is 0 Å². The highest BCUT2D eigenvalue weighted by atomic mass is 19.1. The molecule has 37 heavy (non-hydrogen) atoms. The topological polar surface area (TPSA) is 55.9 Å². The summed E-state index contributed by atoms with van der Waals surface area (Å²) < 4.78 is 13.5. The molecule has 1 aliphatic heterocycles. The van der Waals surface area contributed by atoms with Crippen LogP contribution >= 0.6 is 0 Å². The molecule has 1 N–H and O–H groups in total. The molecule has 1 heterocycles. The Morgan fingerprint density at radius 3 is 2.32 bits per heavy atom. The summed E-state index contributed by atoms with van der Waals surface area (Å²) in [6, 6.07) is 12.3. The molecule has 2 amide bonds. The Labute approximate surface area is 220 Å². The zero-order chi connectivity index (χ0) is 26.5. The van der Waals surface area contributed by atoms with E-state index in [4.69, 9.17) is 0 Å². The Bertz CT molecular complexity index is 1080. The maximum Gasteiger partial charge on any atom is 0.254 e. The minimum absolute atomic E-state index is 0.0787. The molecular weight excluding hydrogens is 467 g/mol. The number of carbonyl (C=O) groups is 2. The molecule has 1 saturated carbocycles. The van der Waals surface area contributed by atoms with E-state index in [0.29, 0.717) is 24.7 Å². The highest BCUT2D eigenvalue weighted by Crippen LogP contribution is 2.32. The third-order valence-corrected chi connectivity index (χ3v) is 7.76. The van der Waals surface area contributed by atoms with E-state index in [1.54, 1.807) is 12.1 Å². The Morgan fingerprint density at radius 1 is 1.05 bits per heavy atom. The minimum Gasteiger partial charge on any atom is -0.371 e. The zero-order valence-electron chi connectivity index (χ0n) is 22.7. The van der Waals surface area contributed by atoms with Crippen molar-refractivity contribution in [3.05, 3.63) is 59.4 Å². The van der Waals surface area contributed by atoms with Gasteiger partial charge < -0.3 is 20.0 Å². The predicted molar refractivity (Wildman–Crippen MR) is 147 cm³/mol. The summed E-state index contributed by atoms with van der Waals surface area (Å²) in [4.78, 5) is 32.7. The summed E-state index contributed by atoms with van der Waals surface area (Å²) in [5.74, 6) is -0.0343. The lowest BCUT2D eigenvalue weighted by molar-refractivity contribution is -0.122. The third-order valence-electron chi connectivity index (χ3n) is 7.76. The number of anilines is 2. The van der Waals surface area contributed by atoms with E-state index in [1.807, 2.05) is 17.0 Å². The SMILES string of the molecule is CC(C)CN(Cc1cc(NC(=O)C2CCC2)ccc1N(C)C1CCN(C)CC1)C(=O)c1ccc(F)cc1. The van der Waals surface area contributed by atoms with Crippen molar-refractivity contribution in [2.24, 2.45) is 11.8 Å². The number of carbonyl (C=O) groups excluding carboxylic acids is 2. The fourth-order valence-corrected chi connectivity index (χ4v) is 5.27. The van der Waals surface area contributed by atoms with Crippen LogP contribution in [0.15, 0.2) is 42.5 Å². The quantitative estimate of drug-likeness (QED) is 0.493. The Kier molecular flexibility index (Phi) is 8.85. The van der Waals surface area contributed by atoms with Crippen molar-refractivity contribution in [2.75, 3.05) is 43.9 Å². The highest BCUT2D eigenvalue weighted by Gasteiger charge is 2.27. The van der Waals surface area contributed by atoms with Gasteiger partial charge in [0.25, 0.3) is 5.91 Å². The van der Waals surface area contributed by atoms with Gasteiger partial charge in [-0.1, -0.05) is 20.3 Å². The second kappa shape index (κ2) is 12.1. The van der Waals surface area contributed by atoms with Gasteiger partial charge in [-0.05, 0) is 99.8 Å². The van der Waals surface area contributed by atoms with Crippen molar-refractivity contribution < 1.29 is 14.0 Å². The van der Waals surface area contributed by atoms with Gasteiger partial charge in [-0.2, -0.15) is 0 Å². The van der Waals surface area contributed by atoms with Crippen LogP contribution in [0.1, 0.15) is 61.9 Å². The zero-order valence-corrected chi connectivity index (χ0v) is 22.7. The summed E-state index contributed by atoms with van der Waals surface area (Å²) in [5.41, 5.74) is 3.33. The highest BCUT2D eigenvalue weighted by molar-refractivity contribution is 5.95. The van der Waals surface area contributed by atoms with Gasteiger partial charge in [-0.3, -0.25) is 9.59 Å². The maximum absolute atomic E-state index is 13.5. The summed E-state index contributed by atoms with van der Waals surface area (Å²) in [5, 5.41) is 3.11. The molecule has 0 spiro atoms. The second-order valence-electron chi connectivity index (χ2n) is 11.2. The van der Waals surface area contributed by atoms with Crippen LogP contribution in [-0.4, -0.2) is 61.4 Å². The Morgan fingerprint density at radius 2 is 1.73 bits per heavy atom. The first-order valence-corrected chi connectivity index (χ1v) is 13.6. The average molecular weight is 509 g/mol. The van der Waals surface area contributed by atoms with E-state index >= 15 is 0 Å². The van der Waals surface area contributed by atoms with E-state index in [1.165, 1.54) is 12.1 Å². The van der Waals surface area contributed by atoms with Crippen LogP contribution in [-0.2, 0) is 11.3 Å². The molecule has 7 heteroatoms. The fourth-order valence-electron chi connectivity index (χ4n) is 5.27. The molecule has 0 bridgehead atoms. The van der Waals surface area contributed by atoms with Crippen LogP contribution in [0.4, 0.5) is 15.8 Å². The maximum atomic E-state index is 13.5. The normalized spacial score (nSPS) is 16.9. The number of piperidine rings is 1. The number of rotatable bonds is 9. The van der Waals surface area contributed by atoms with Crippen molar-refractivity contribution in [1.82, 2.24) is 9.80 Å². The number of hydrogen-bond donors (Lipinski definition) is 1. The first-order chi connectivity index (χ1) is 17.7. The number of benzene rings is 2. The largest absolute Gasteiger partial charge is 0.371 e. The summed E-state index contributed by atoms with van der Waals surface area (Å²) in [6.07, 6.45) is 5.17. The molecular formula is C30H41FN4O2. The van der Waals surface area contributed by atoms with Crippen molar-refractivity contribution >= 4 is 23.2 Å². The van der Waals surface area contributed by atoms with Crippen molar-refractivity contribution in [3.8, 4) is 0 Å². The van der Waals surface area contributed by atoms with Crippen LogP contribution in [0.25, 0.3) is 0 Å². The van der Waals surface area contributed by atoms with Gasteiger partial charge in [0.05, 0.1) is 0 Å². The molecule has 1 saturated heterocycles. The van der Waals surface area contributed by atoms with Gasteiger partial charge in [0.1, 0.15) is 5.82 Å². The molecule has 0 radical (unpaired) electrons. The molecule has 0 atom stereocenters. The van der Waals surface area contributed by atoms with Crippen LogP contribution < -0.4 is 10.2 Å². The smallest absolute Gasteiger partial charge is 0.254 e. The molecule has 0 unspecified atom stereocenters. The Hall–Kier alpha value is -2.93. The van der Waals surface area contributed by atoms with Crippen molar-refractivity contribution in [2.45, 2.75) is 58.5 Å². The standard InChI is InChI=1S/C30H41FN4O2/c1-21(2)19-35(30(37)23-8-10-25(31)11-9-23)20-24-18-26(32-29(36)22-6-5-7-22)12-13-28(24)34(4)27-14-16-33(3)17-15-27/h8-13,18,21-22,27H,5-7,14-17,19-20H2,1-4H3,(H,32,36). The van der Waals surface area contributed by atoms with Crippen LogP contribution in [0, 0.1) is 17.7 Å². The number of halogens is 1. The van der Waals surface area contributed by atoms with E-state index in [0.717, 1.165) is 62.1 Å². The summed E-state index contributed by atoms with van der Waals surface area (Å²) >= 11 is 0. The van der Waals surface area contributed by atoms with E-state index in [-0.39, 0.29) is 29.5 Å². The lowest BCUT2D eigenvalue weighted by Gasteiger charge is -2.38. The number of amides is 2. The lowest BCUT2D eigenvalue weighted by Crippen LogP contribution is -2.42. The van der Waals surface area contributed by atoms with E-state index in [9.17, 15) is 14.0 Å². The van der Waals surface area contributed by atoms with Crippen LogP contribution in [0.5, 0.6) is 0 Å². The summed E-state index contributed by atoms with van der Waals surface area (Å²) in [7, 11) is 4.29. The molecule has 200 valence electrons. The van der Waals surface area contributed by atoms with Gasteiger partial charge in [-0.15, -0.1) is 0 Å². The number of likely N-dealkylation sites (tertiary alicyclic amines) is 1. The molecule has 2 aromatic rings.